The highest BCUT2D eigenvalue weighted by Gasteiger charge is 2.16. The van der Waals surface area contributed by atoms with Crippen LogP contribution in [0.4, 0.5) is 0 Å². The lowest BCUT2D eigenvalue weighted by Crippen LogP contribution is -2.22. The minimum Gasteiger partial charge on any atom is -0.454 e. The number of fused-ring (bicyclic) bond motifs is 1. The van der Waals surface area contributed by atoms with Gasteiger partial charge in [0.05, 0.1) is 6.54 Å². The Balaban J connectivity index is 1.45. The molecule has 0 spiro atoms. The van der Waals surface area contributed by atoms with Crippen LogP contribution in [0.15, 0.2) is 46.9 Å². The van der Waals surface area contributed by atoms with Crippen molar-refractivity contribution in [1.29, 1.82) is 0 Å². The molecule has 0 unspecified atom stereocenters. The Morgan fingerprint density at radius 3 is 2.73 bits per heavy atom. The van der Waals surface area contributed by atoms with Crippen molar-refractivity contribution < 1.29 is 13.9 Å². The van der Waals surface area contributed by atoms with Crippen molar-refractivity contribution in [2.45, 2.75) is 26.9 Å². The first-order valence-corrected chi connectivity index (χ1v) is 8.71. The van der Waals surface area contributed by atoms with Crippen LogP contribution in [-0.2, 0) is 13.1 Å². The van der Waals surface area contributed by atoms with Gasteiger partial charge in [0.2, 0.25) is 18.6 Å². The monoisotopic (exact) mass is 351 g/mol. The molecule has 0 bridgehead atoms. The third-order valence-corrected chi connectivity index (χ3v) is 4.38. The third kappa shape index (κ3) is 3.55. The molecule has 26 heavy (non-hydrogen) atoms. The summed E-state index contributed by atoms with van der Waals surface area (Å²) in [5.74, 6) is 2.78. The molecular formula is C20H21N3O3. The molecule has 134 valence electrons. The molecule has 6 heteroatoms. The third-order valence-electron chi connectivity index (χ3n) is 4.38. The smallest absolute Gasteiger partial charge is 0.247 e. The van der Waals surface area contributed by atoms with Gasteiger partial charge in [0.15, 0.2) is 11.5 Å². The lowest BCUT2D eigenvalue weighted by atomic mass is 10.1. The van der Waals surface area contributed by atoms with E-state index in [0.717, 1.165) is 35.7 Å². The van der Waals surface area contributed by atoms with Gasteiger partial charge in [-0.1, -0.05) is 30.7 Å². The van der Waals surface area contributed by atoms with E-state index < -0.39 is 0 Å². The van der Waals surface area contributed by atoms with Crippen molar-refractivity contribution in [3.05, 3.63) is 59.5 Å². The maximum Gasteiger partial charge on any atom is 0.247 e. The summed E-state index contributed by atoms with van der Waals surface area (Å²) in [4.78, 5) is 2.24. The minimum atomic E-state index is 0.292. The van der Waals surface area contributed by atoms with E-state index in [9.17, 15) is 0 Å². The van der Waals surface area contributed by atoms with Crippen molar-refractivity contribution in [3.8, 4) is 23.0 Å². The molecule has 0 saturated heterocycles. The Kier molecular flexibility index (Phi) is 4.58. The fourth-order valence-electron chi connectivity index (χ4n) is 2.98. The van der Waals surface area contributed by atoms with Crippen LogP contribution >= 0.6 is 0 Å². The number of hydrogen-bond acceptors (Lipinski definition) is 6. The average molecular weight is 351 g/mol. The normalized spacial score (nSPS) is 12.7. The van der Waals surface area contributed by atoms with Crippen LogP contribution in [0.5, 0.6) is 11.5 Å². The Bertz CT molecular complexity index is 907. The summed E-state index contributed by atoms with van der Waals surface area (Å²) < 4.78 is 16.7. The summed E-state index contributed by atoms with van der Waals surface area (Å²) in [6.07, 6.45) is 0. The van der Waals surface area contributed by atoms with Crippen LogP contribution in [0.1, 0.15) is 23.9 Å². The molecule has 1 aliphatic rings. The Hall–Kier alpha value is -2.86. The van der Waals surface area contributed by atoms with E-state index >= 15 is 0 Å². The van der Waals surface area contributed by atoms with E-state index in [1.165, 1.54) is 5.56 Å². The first-order chi connectivity index (χ1) is 12.7. The van der Waals surface area contributed by atoms with Crippen molar-refractivity contribution in [2.24, 2.45) is 0 Å². The molecular weight excluding hydrogens is 330 g/mol. The molecule has 0 amide bonds. The number of nitrogens with zero attached hydrogens (tertiary/aromatic N) is 3. The van der Waals surface area contributed by atoms with Crippen molar-refractivity contribution >= 4 is 0 Å². The predicted molar refractivity (Wildman–Crippen MR) is 96.8 cm³/mol. The van der Waals surface area contributed by atoms with Crippen LogP contribution in [0.3, 0.4) is 0 Å². The van der Waals surface area contributed by atoms with Gasteiger partial charge in [-0.15, -0.1) is 10.2 Å². The molecule has 2 aromatic carbocycles. The fourth-order valence-corrected chi connectivity index (χ4v) is 2.98. The second kappa shape index (κ2) is 7.17. The van der Waals surface area contributed by atoms with Gasteiger partial charge in [-0.2, -0.15) is 0 Å². The number of aromatic nitrogens is 2. The van der Waals surface area contributed by atoms with Crippen molar-refractivity contribution in [2.75, 3.05) is 13.3 Å². The van der Waals surface area contributed by atoms with Gasteiger partial charge < -0.3 is 13.9 Å². The fraction of sp³-hybridized carbons (Fsp3) is 0.300. The van der Waals surface area contributed by atoms with Gasteiger partial charge in [-0.3, -0.25) is 4.90 Å². The zero-order chi connectivity index (χ0) is 17.9. The molecule has 2 heterocycles. The number of benzene rings is 2. The van der Waals surface area contributed by atoms with Crippen molar-refractivity contribution in [3.63, 3.8) is 0 Å². The van der Waals surface area contributed by atoms with E-state index in [1.54, 1.807) is 0 Å². The number of aryl methyl sites for hydroxylation is 1. The molecule has 3 aromatic rings. The van der Waals surface area contributed by atoms with E-state index in [2.05, 4.69) is 28.1 Å². The topological polar surface area (TPSA) is 60.6 Å². The van der Waals surface area contributed by atoms with E-state index in [1.807, 2.05) is 43.3 Å². The van der Waals surface area contributed by atoms with Gasteiger partial charge >= 0.3 is 0 Å². The first-order valence-electron chi connectivity index (χ1n) is 8.71. The maximum absolute atomic E-state index is 5.86. The van der Waals surface area contributed by atoms with Gasteiger partial charge in [-0.25, -0.2) is 0 Å². The number of rotatable bonds is 6. The minimum absolute atomic E-state index is 0.292. The molecule has 0 aliphatic carbocycles. The highest BCUT2D eigenvalue weighted by molar-refractivity contribution is 5.53. The second-order valence-electron chi connectivity index (χ2n) is 6.36. The molecule has 0 fully saturated rings. The number of ether oxygens (including phenoxy) is 2. The predicted octanol–water partition coefficient (Wildman–Crippen LogP) is 3.80. The Morgan fingerprint density at radius 1 is 1.00 bits per heavy atom. The Morgan fingerprint density at radius 2 is 1.88 bits per heavy atom. The standard InChI is InChI=1S/C20H21N3O3/c1-3-23(11-15-7-8-17-18(10-15)25-13-24-17)12-19-21-22-20(26-19)16-6-4-5-14(2)9-16/h4-10H,3,11-13H2,1-2H3. The number of hydrogen-bond donors (Lipinski definition) is 0. The quantitative estimate of drug-likeness (QED) is 0.673. The summed E-state index contributed by atoms with van der Waals surface area (Å²) in [6, 6.07) is 14.1. The van der Waals surface area contributed by atoms with E-state index in [4.69, 9.17) is 13.9 Å². The van der Waals surface area contributed by atoms with Crippen LogP contribution in [-0.4, -0.2) is 28.4 Å². The second-order valence-corrected chi connectivity index (χ2v) is 6.36. The molecule has 0 atom stereocenters. The molecule has 0 N–H and O–H groups in total. The molecule has 1 aliphatic heterocycles. The zero-order valence-corrected chi connectivity index (χ0v) is 14.9. The van der Waals surface area contributed by atoms with Gasteiger partial charge in [0.1, 0.15) is 0 Å². The van der Waals surface area contributed by atoms with Gasteiger partial charge in [0.25, 0.3) is 0 Å². The average Bonchev–Trinajstić information content (AvgIpc) is 3.30. The molecule has 0 saturated carbocycles. The summed E-state index contributed by atoms with van der Waals surface area (Å²) in [5, 5.41) is 8.40. The van der Waals surface area contributed by atoms with Crippen LogP contribution in [0, 0.1) is 6.92 Å². The lowest BCUT2D eigenvalue weighted by molar-refractivity contribution is 0.174. The molecule has 6 nitrogen and oxygen atoms in total. The SMILES string of the molecule is CCN(Cc1ccc2c(c1)OCO2)Cc1nnc(-c2cccc(C)c2)o1. The summed E-state index contributed by atoms with van der Waals surface area (Å²) in [7, 11) is 0. The molecule has 1 aromatic heterocycles. The van der Waals surface area contributed by atoms with E-state index in [0.29, 0.717) is 25.1 Å². The summed E-state index contributed by atoms with van der Waals surface area (Å²) >= 11 is 0. The largest absolute Gasteiger partial charge is 0.454 e. The highest BCUT2D eigenvalue weighted by Crippen LogP contribution is 2.33. The molecule has 0 radical (unpaired) electrons. The molecule has 4 rings (SSSR count). The summed E-state index contributed by atoms with van der Waals surface area (Å²) in [5.41, 5.74) is 3.28. The van der Waals surface area contributed by atoms with Gasteiger partial charge in [-0.05, 0) is 43.3 Å². The van der Waals surface area contributed by atoms with Crippen molar-refractivity contribution in [1.82, 2.24) is 15.1 Å². The summed E-state index contributed by atoms with van der Waals surface area (Å²) in [6.45, 7) is 6.70. The maximum atomic E-state index is 5.86. The highest BCUT2D eigenvalue weighted by atomic mass is 16.7. The van der Waals surface area contributed by atoms with Crippen LogP contribution in [0.25, 0.3) is 11.5 Å². The zero-order valence-electron chi connectivity index (χ0n) is 14.9. The lowest BCUT2D eigenvalue weighted by Gasteiger charge is -2.18. The van der Waals surface area contributed by atoms with Gasteiger partial charge in [0, 0.05) is 12.1 Å². The van der Waals surface area contributed by atoms with Crippen LogP contribution < -0.4 is 9.47 Å². The Labute approximate surface area is 152 Å². The van der Waals surface area contributed by atoms with E-state index in [-0.39, 0.29) is 0 Å². The van der Waals surface area contributed by atoms with Crippen LogP contribution in [0.2, 0.25) is 0 Å². The first kappa shape index (κ1) is 16.6.